The molecule has 0 fully saturated rings. The molecule has 0 heterocycles. The molecule has 0 saturated carbocycles. The molecule has 0 aliphatic carbocycles. The molecule has 0 aromatic heterocycles. The Morgan fingerprint density at radius 2 is 2.31 bits per heavy atom. The minimum absolute atomic E-state index is 0.242. The van der Waals surface area contributed by atoms with E-state index in [2.05, 4.69) is 0 Å². The highest BCUT2D eigenvalue weighted by Gasteiger charge is 2.06. The van der Waals surface area contributed by atoms with E-state index in [-0.39, 0.29) is 5.56 Å². The quantitative estimate of drug-likeness (QED) is 0.805. The lowest BCUT2D eigenvalue weighted by Crippen LogP contribution is -1.97. The van der Waals surface area contributed by atoms with Crippen LogP contribution >= 0.6 is 11.6 Å². The standard InChI is InChI=1S/C12H13ClO3/c1-16-11-6-5-10(12(14)15)8-9(11)4-2-3-7-13/h2,4-6,8H,3,7H2,1H3,(H,14,15). The summed E-state index contributed by atoms with van der Waals surface area (Å²) in [7, 11) is 1.55. The lowest BCUT2D eigenvalue weighted by Gasteiger charge is -2.05. The molecule has 0 spiro atoms. The van der Waals surface area contributed by atoms with Crippen LogP contribution < -0.4 is 4.74 Å². The van der Waals surface area contributed by atoms with Gasteiger partial charge in [0.1, 0.15) is 5.75 Å². The van der Waals surface area contributed by atoms with E-state index < -0.39 is 5.97 Å². The topological polar surface area (TPSA) is 46.5 Å². The molecule has 0 radical (unpaired) electrons. The van der Waals surface area contributed by atoms with Crippen LogP contribution in [0.2, 0.25) is 0 Å². The van der Waals surface area contributed by atoms with Crippen molar-refractivity contribution in [3.63, 3.8) is 0 Å². The van der Waals surface area contributed by atoms with E-state index >= 15 is 0 Å². The van der Waals surface area contributed by atoms with Crippen LogP contribution in [-0.4, -0.2) is 24.1 Å². The second-order valence-corrected chi connectivity index (χ2v) is 3.52. The highest BCUT2D eigenvalue weighted by molar-refractivity contribution is 6.17. The van der Waals surface area contributed by atoms with Crippen molar-refractivity contribution in [2.75, 3.05) is 13.0 Å². The minimum Gasteiger partial charge on any atom is -0.496 e. The van der Waals surface area contributed by atoms with E-state index in [1.54, 1.807) is 19.2 Å². The first-order valence-electron chi connectivity index (χ1n) is 4.83. The smallest absolute Gasteiger partial charge is 0.335 e. The van der Waals surface area contributed by atoms with E-state index in [1.165, 1.54) is 6.07 Å². The maximum atomic E-state index is 10.8. The zero-order valence-electron chi connectivity index (χ0n) is 8.94. The monoisotopic (exact) mass is 240 g/mol. The largest absolute Gasteiger partial charge is 0.496 e. The van der Waals surface area contributed by atoms with Gasteiger partial charge in [-0.25, -0.2) is 4.79 Å². The predicted octanol–water partition coefficient (Wildman–Crippen LogP) is 3.04. The van der Waals surface area contributed by atoms with Crippen LogP contribution in [0, 0.1) is 0 Å². The van der Waals surface area contributed by atoms with Gasteiger partial charge in [0.05, 0.1) is 12.7 Å². The van der Waals surface area contributed by atoms with Crippen LogP contribution in [0.15, 0.2) is 24.3 Å². The van der Waals surface area contributed by atoms with Crippen molar-refractivity contribution in [3.05, 3.63) is 35.4 Å². The van der Waals surface area contributed by atoms with Crippen LogP contribution in [0.4, 0.5) is 0 Å². The number of carbonyl (C=O) groups is 1. The minimum atomic E-state index is -0.949. The summed E-state index contributed by atoms with van der Waals surface area (Å²) in [4.78, 5) is 10.8. The lowest BCUT2D eigenvalue weighted by molar-refractivity contribution is 0.0697. The van der Waals surface area contributed by atoms with Gasteiger partial charge in [0.2, 0.25) is 0 Å². The summed E-state index contributed by atoms with van der Waals surface area (Å²) in [5.74, 6) is 0.239. The molecule has 0 saturated heterocycles. The van der Waals surface area contributed by atoms with Crippen molar-refractivity contribution in [1.82, 2.24) is 0 Å². The summed E-state index contributed by atoms with van der Waals surface area (Å²) in [5.41, 5.74) is 0.985. The first-order chi connectivity index (χ1) is 7.69. The molecule has 1 N–H and O–H groups in total. The molecular weight excluding hydrogens is 228 g/mol. The first-order valence-corrected chi connectivity index (χ1v) is 5.36. The van der Waals surface area contributed by atoms with Gasteiger partial charge in [-0.15, -0.1) is 11.6 Å². The Balaban J connectivity index is 3.02. The second-order valence-electron chi connectivity index (χ2n) is 3.14. The molecule has 1 aromatic carbocycles. The third-order valence-electron chi connectivity index (χ3n) is 2.05. The van der Waals surface area contributed by atoms with Gasteiger partial charge in [0, 0.05) is 11.4 Å². The van der Waals surface area contributed by atoms with E-state index in [0.29, 0.717) is 11.6 Å². The number of carboxylic acid groups (broad SMARTS) is 1. The van der Waals surface area contributed by atoms with Crippen molar-refractivity contribution in [3.8, 4) is 5.75 Å². The number of halogens is 1. The molecule has 0 aliphatic rings. The van der Waals surface area contributed by atoms with E-state index in [4.69, 9.17) is 21.4 Å². The van der Waals surface area contributed by atoms with Gasteiger partial charge < -0.3 is 9.84 Å². The van der Waals surface area contributed by atoms with E-state index in [1.807, 2.05) is 12.2 Å². The number of methoxy groups -OCH3 is 1. The summed E-state index contributed by atoms with van der Waals surface area (Å²) in [6.07, 6.45) is 4.44. The maximum absolute atomic E-state index is 10.8. The number of allylic oxidation sites excluding steroid dienone is 1. The van der Waals surface area contributed by atoms with Crippen LogP contribution in [0.3, 0.4) is 0 Å². The Kier molecular flexibility index (Phi) is 4.86. The Labute approximate surface area is 99.3 Å². The Bertz CT molecular complexity index is 399. The van der Waals surface area contributed by atoms with Crippen LogP contribution in [0.25, 0.3) is 6.08 Å². The van der Waals surface area contributed by atoms with Gasteiger partial charge >= 0.3 is 5.97 Å². The average Bonchev–Trinajstić information content (AvgIpc) is 2.29. The van der Waals surface area contributed by atoms with Crippen LogP contribution in [0.1, 0.15) is 22.3 Å². The fraction of sp³-hybridized carbons (Fsp3) is 0.250. The third kappa shape index (κ3) is 3.28. The molecule has 0 amide bonds. The Morgan fingerprint density at radius 1 is 1.56 bits per heavy atom. The number of benzene rings is 1. The Hall–Kier alpha value is -1.48. The van der Waals surface area contributed by atoms with Gasteiger partial charge in [-0.3, -0.25) is 0 Å². The molecule has 16 heavy (non-hydrogen) atoms. The molecule has 0 unspecified atom stereocenters. The van der Waals surface area contributed by atoms with Crippen molar-refractivity contribution in [2.45, 2.75) is 6.42 Å². The van der Waals surface area contributed by atoms with Crippen LogP contribution in [-0.2, 0) is 0 Å². The lowest BCUT2D eigenvalue weighted by atomic mass is 10.1. The molecule has 86 valence electrons. The van der Waals surface area contributed by atoms with Gasteiger partial charge in [-0.1, -0.05) is 12.2 Å². The highest BCUT2D eigenvalue weighted by Crippen LogP contribution is 2.21. The number of ether oxygens (including phenoxy) is 1. The second kappa shape index (κ2) is 6.18. The number of alkyl halides is 1. The molecule has 1 aromatic rings. The number of carboxylic acids is 1. The number of aromatic carboxylic acids is 1. The SMILES string of the molecule is COc1ccc(C(=O)O)cc1C=CCCCl. The molecule has 1 rings (SSSR count). The summed E-state index contributed by atoms with van der Waals surface area (Å²) in [5, 5.41) is 8.86. The van der Waals surface area contributed by atoms with Crippen molar-refractivity contribution in [2.24, 2.45) is 0 Å². The number of hydrogen-bond acceptors (Lipinski definition) is 2. The van der Waals surface area contributed by atoms with Gasteiger partial charge in [0.15, 0.2) is 0 Å². The van der Waals surface area contributed by atoms with Gasteiger partial charge in [-0.05, 0) is 24.6 Å². The summed E-state index contributed by atoms with van der Waals surface area (Å²) < 4.78 is 5.13. The number of hydrogen-bond donors (Lipinski definition) is 1. The Morgan fingerprint density at radius 3 is 2.88 bits per heavy atom. The van der Waals surface area contributed by atoms with E-state index in [9.17, 15) is 4.79 Å². The van der Waals surface area contributed by atoms with E-state index in [0.717, 1.165) is 12.0 Å². The summed E-state index contributed by atoms with van der Waals surface area (Å²) in [6.45, 7) is 0. The molecule has 0 aliphatic heterocycles. The van der Waals surface area contributed by atoms with Crippen molar-refractivity contribution in [1.29, 1.82) is 0 Å². The van der Waals surface area contributed by atoms with Gasteiger partial charge in [0.25, 0.3) is 0 Å². The van der Waals surface area contributed by atoms with Crippen molar-refractivity contribution < 1.29 is 14.6 Å². The molecular formula is C12H13ClO3. The molecule has 3 nitrogen and oxygen atoms in total. The number of rotatable bonds is 5. The van der Waals surface area contributed by atoms with Crippen molar-refractivity contribution >= 4 is 23.6 Å². The molecule has 4 heteroatoms. The molecule has 0 bridgehead atoms. The van der Waals surface area contributed by atoms with Crippen LogP contribution in [0.5, 0.6) is 5.75 Å². The zero-order valence-corrected chi connectivity index (χ0v) is 9.70. The fourth-order valence-electron chi connectivity index (χ4n) is 1.27. The predicted molar refractivity (Wildman–Crippen MR) is 64.3 cm³/mol. The molecule has 0 atom stereocenters. The maximum Gasteiger partial charge on any atom is 0.335 e. The zero-order chi connectivity index (χ0) is 12.0. The van der Waals surface area contributed by atoms with Gasteiger partial charge in [-0.2, -0.15) is 0 Å². The summed E-state index contributed by atoms with van der Waals surface area (Å²) in [6, 6.07) is 4.73. The first kappa shape index (κ1) is 12.6. The average molecular weight is 241 g/mol. The fourth-order valence-corrected chi connectivity index (χ4v) is 1.40. The normalized spacial score (nSPS) is 10.6. The summed E-state index contributed by atoms with van der Waals surface area (Å²) >= 11 is 5.55. The third-order valence-corrected chi connectivity index (χ3v) is 2.27. The highest BCUT2D eigenvalue weighted by atomic mass is 35.5.